The van der Waals surface area contributed by atoms with Crippen molar-refractivity contribution in [2.45, 2.75) is 10.6 Å². The largest absolute Gasteiger partial charge is 0.299 e. The van der Waals surface area contributed by atoms with Crippen LogP contribution in [0.25, 0.3) is 0 Å². The van der Waals surface area contributed by atoms with Crippen molar-refractivity contribution in [2.24, 2.45) is 7.05 Å². The number of aromatic nitrogens is 2. The molecule has 3 nitrogen and oxygen atoms in total. The van der Waals surface area contributed by atoms with Crippen molar-refractivity contribution in [2.75, 3.05) is 0 Å². The Morgan fingerprint density at radius 2 is 1.55 bits per heavy atom. The summed E-state index contributed by atoms with van der Waals surface area (Å²) in [6.45, 7) is 0. The summed E-state index contributed by atoms with van der Waals surface area (Å²) in [5.41, 5.74) is 0.613. The van der Waals surface area contributed by atoms with E-state index in [4.69, 9.17) is 58.0 Å². The summed E-state index contributed by atoms with van der Waals surface area (Å²) in [6.07, 6.45) is 0. The Labute approximate surface area is 144 Å². The molecule has 0 amide bonds. The zero-order valence-corrected chi connectivity index (χ0v) is 14.5. The summed E-state index contributed by atoms with van der Waals surface area (Å²) >= 11 is 31.4. The van der Waals surface area contributed by atoms with Gasteiger partial charge in [-0.25, -0.2) is 0 Å². The molecule has 0 unspecified atom stereocenters. The number of aryl methyl sites for hydroxylation is 1. The van der Waals surface area contributed by atoms with Gasteiger partial charge < -0.3 is 0 Å². The minimum absolute atomic E-state index is 0.120. The summed E-state index contributed by atoms with van der Waals surface area (Å²) in [4.78, 5) is 11.9. The van der Waals surface area contributed by atoms with E-state index in [-0.39, 0.29) is 30.7 Å². The summed E-state index contributed by atoms with van der Waals surface area (Å²) in [6, 6.07) is 1.49. The number of nitrogens with one attached hydrogen (secondary N) is 1. The van der Waals surface area contributed by atoms with Gasteiger partial charge in [-0.05, 0) is 0 Å². The van der Waals surface area contributed by atoms with Gasteiger partial charge in [0.05, 0.1) is 25.1 Å². The van der Waals surface area contributed by atoms with E-state index < -0.39 is 0 Å². The number of benzene rings is 1. The van der Waals surface area contributed by atoms with Crippen molar-refractivity contribution in [1.82, 2.24) is 9.78 Å². The van der Waals surface area contributed by atoms with Crippen LogP contribution in [0.2, 0.25) is 25.1 Å². The molecule has 1 aromatic carbocycles. The lowest BCUT2D eigenvalue weighted by Crippen LogP contribution is -2.09. The molecule has 20 heavy (non-hydrogen) atoms. The molecule has 108 valence electrons. The van der Waals surface area contributed by atoms with Gasteiger partial charge in [-0.15, -0.1) is 11.8 Å². The van der Waals surface area contributed by atoms with E-state index >= 15 is 0 Å². The zero-order chi connectivity index (χ0) is 15.0. The average Bonchev–Trinajstić information content (AvgIpc) is 2.73. The average molecular weight is 393 g/mol. The minimum Gasteiger partial charge on any atom is -0.299 e. The molecule has 0 aliphatic heterocycles. The highest BCUT2D eigenvalue weighted by molar-refractivity contribution is 7.98. The van der Waals surface area contributed by atoms with Gasteiger partial charge >= 0.3 is 0 Å². The Morgan fingerprint density at radius 1 is 1.05 bits per heavy atom. The monoisotopic (exact) mass is 390 g/mol. The summed E-state index contributed by atoms with van der Waals surface area (Å²) in [7, 11) is 1.63. The van der Waals surface area contributed by atoms with Crippen LogP contribution in [0.15, 0.2) is 15.8 Å². The van der Waals surface area contributed by atoms with E-state index in [9.17, 15) is 4.79 Å². The molecule has 2 rings (SSSR count). The third-order valence-corrected chi connectivity index (χ3v) is 6.13. The van der Waals surface area contributed by atoms with Crippen molar-refractivity contribution >= 4 is 69.8 Å². The molecule has 0 aliphatic rings. The number of rotatable bonds is 3. The van der Waals surface area contributed by atoms with Crippen LogP contribution in [0.1, 0.15) is 5.69 Å². The first-order valence-electron chi connectivity index (χ1n) is 5.22. The van der Waals surface area contributed by atoms with Crippen LogP contribution in [0, 0.1) is 0 Å². The number of aromatic amines is 1. The standard InChI is InChI=1S/C11H7Cl5N2OS/c1-18-5(19)2-4(17-18)3-20-11-9(15)7(13)6(12)8(14)10(11)16/h2,17H,3H2,1H3. The quantitative estimate of drug-likeness (QED) is 0.439. The highest BCUT2D eigenvalue weighted by atomic mass is 35.5. The molecule has 0 spiro atoms. The Balaban J connectivity index is 2.32. The smallest absolute Gasteiger partial charge is 0.266 e. The molecule has 0 saturated carbocycles. The molecule has 0 bridgehead atoms. The van der Waals surface area contributed by atoms with Crippen LogP contribution in [0.5, 0.6) is 0 Å². The van der Waals surface area contributed by atoms with Crippen LogP contribution in [0.4, 0.5) is 0 Å². The molecular weight excluding hydrogens is 385 g/mol. The van der Waals surface area contributed by atoms with Gasteiger partial charge in [0.1, 0.15) is 0 Å². The number of hydrogen-bond acceptors (Lipinski definition) is 2. The van der Waals surface area contributed by atoms with E-state index in [0.717, 1.165) is 5.69 Å². The van der Waals surface area contributed by atoms with Crippen LogP contribution in [0.3, 0.4) is 0 Å². The second-order valence-electron chi connectivity index (χ2n) is 3.87. The van der Waals surface area contributed by atoms with Crippen molar-refractivity contribution in [3.05, 3.63) is 47.2 Å². The third kappa shape index (κ3) is 3.11. The topological polar surface area (TPSA) is 37.8 Å². The van der Waals surface area contributed by atoms with Crippen LogP contribution < -0.4 is 5.56 Å². The number of halogens is 5. The second kappa shape index (κ2) is 6.42. The molecule has 0 aliphatic carbocycles. The van der Waals surface area contributed by atoms with Crippen LogP contribution >= 0.6 is 69.8 Å². The highest BCUT2D eigenvalue weighted by Crippen LogP contribution is 2.48. The second-order valence-corrected chi connectivity index (χ2v) is 6.74. The maximum Gasteiger partial charge on any atom is 0.266 e. The van der Waals surface area contributed by atoms with Crippen molar-refractivity contribution in [1.29, 1.82) is 0 Å². The summed E-state index contributed by atoms with van der Waals surface area (Å²) in [5.74, 6) is 0.462. The molecule has 0 atom stereocenters. The van der Waals surface area contributed by atoms with Gasteiger partial charge in [-0.2, -0.15) is 0 Å². The van der Waals surface area contributed by atoms with Crippen molar-refractivity contribution in [3.63, 3.8) is 0 Å². The van der Waals surface area contributed by atoms with Crippen LogP contribution in [-0.4, -0.2) is 9.78 Å². The molecular formula is C11H7Cl5N2OS. The molecule has 1 heterocycles. The maximum atomic E-state index is 11.3. The lowest BCUT2D eigenvalue weighted by atomic mass is 10.3. The molecule has 1 N–H and O–H groups in total. The van der Waals surface area contributed by atoms with Crippen LogP contribution in [-0.2, 0) is 12.8 Å². The molecule has 0 fully saturated rings. The van der Waals surface area contributed by atoms with E-state index in [0.29, 0.717) is 10.6 Å². The lowest BCUT2D eigenvalue weighted by molar-refractivity contribution is 0.729. The lowest BCUT2D eigenvalue weighted by Gasteiger charge is -2.11. The number of hydrogen-bond donors (Lipinski definition) is 1. The Morgan fingerprint density at radius 3 is 2.00 bits per heavy atom. The fourth-order valence-electron chi connectivity index (χ4n) is 1.48. The number of H-pyrrole nitrogens is 1. The van der Waals surface area contributed by atoms with Gasteiger partial charge in [0.15, 0.2) is 0 Å². The third-order valence-electron chi connectivity index (χ3n) is 2.48. The van der Waals surface area contributed by atoms with Gasteiger partial charge in [-0.3, -0.25) is 14.6 Å². The molecule has 0 radical (unpaired) electrons. The van der Waals surface area contributed by atoms with Gasteiger partial charge in [0.2, 0.25) is 0 Å². The van der Waals surface area contributed by atoms with E-state index in [1.807, 2.05) is 0 Å². The summed E-state index contributed by atoms with van der Waals surface area (Å²) in [5, 5.41) is 3.83. The molecule has 9 heteroatoms. The summed E-state index contributed by atoms with van der Waals surface area (Å²) < 4.78 is 1.38. The van der Waals surface area contributed by atoms with E-state index in [1.54, 1.807) is 7.05 Å². The number of thioether (sulfide) groups is 1. The maximum absolute atomic E-state index is 11.3. The minimum atomic E-state index is -0.120. The molecule has 1 aromatic heterocycles. The first kappa shape index (κ1) is 16.4. The Hall–Kier alpha value is 0.0300. The Bertz CT molecular complexity index is 695. The van der Waals surface area contributed by atoms with E-state index in [1.165, 1.54) is 22.5 Å². The Kier molecular flexibility index (Phi) is 5.27. The van der Waals surface area contributed by atoms with Gasteiger partial charge in [0.25, 0.3) is 5.56 Å². The van der Waals surface area contributed by atoms with E-state index in [2.05, 4.69) is 5.10 Å². The van der Waals surface area contributed by atoms with Gasteiger partial charge in [-0.1, -0.05) is 58.0 Å². The predicted octanol–water partition coefficient (Wildman–Crippen LogP) is 5.27. The van der Waals surface area contributed by atoms with Crippen molar-refractivity contribution in [3.8, 4) is 0 Å². The first-order valence-corrected chi connectivity index (χ1v) is 8.09. The van der Waals surface area contributed by atoms with Gasteiger partial charge in [0, 0.05) is 29.5 Å². The molecule has 2 aromatic rings. The number of nitrogens with zero attached hydrogens (tertiary/aromatic N) is 1. The first-order chi connectivity index (χ1) is 9.32. The highest BCUT2D eigenvalue weighted by Gasteiger charge is 2.19. The normalized spacial score (nSPS) is 11.1. The van der Waals surface area contributed by atoms with Crippen molar-refractivity contribution < 1.29 is 0 Å². The molecule has 0 saturated heterocycles. The zero-order valence-electron chi connectivity index (χ0n) is 9.94. The predicted molar refractivity (Wildman–Crippen MR) is 87.1 cm³/mol. The fourth-order valence-corrected chi connectivity index (χ4v) is 3.97. The SMILES string of the molecule is Cn1[nH]c(CSc2c(Cl)c(Cl)c(Cl)c(Cl)c2Cl)cc1=O. The fraction of sp³-hybridized carbons (Fsp3) is 0.182.